The lowest BCUT2D eigenvalue weighted by atomic mass is 10.1. The molecule has 0 unspecified atom stereocenters. The Labute approximate surface area is 145 Å². The van der Waals surface area contributed by atoms with Gasteiger partial charge in [-0.05, 0) is 30.5 Å². The lowest BCUT2D eigenvalue weighted by Crippen LogP contribution is -2.33. The van der Waals surface area contributed by atoms with E-state index in [1.54, 1.807) is 31.1 Å². The summed E-state index contributed by atoms with van der Waals surface area (Å²) in [5, 5.41) is 6.89. The third kappa shape index (κ3) is 3.55. The maximum Gasteiger partial charge on any atom is 0.256 e. The molecule has 0 bridgehead atoms. The normalized spacial score (nSPS) is 16.9. The van der Waals surface area contributed by atoms with Crippen LogP contribution in [0.2, 0.25) is 0 Å². The molecule has 7 heteroatoms. The van der Waals surface area contributed by atoms with Gasteiger partial charge in [0.1, 0.15) is 5.82 Å². The summed E-state index contributed by atoms with van der Waals surface area (Å²) in [6.07, 6.45) is 3.27. The van der Waals surface area contributed by atoms with Crippen LogP contribution < -0.4 is 0 Å². The van der Waals surface area contributed by atoms with Gasteiger partial charge < -0.3 is 9.80 Å². The molecule has 2 amide bonds. The average molecular weight is 344 g/mol. The predicted octanol–water partition coefficient (Wildman–Crippen LogP) is 2.16. The minimum absolute atomic E-state index is 0.0778. The van der Waals surface area contributed by atoms with Crippen LogP contribution in [0.15, 0.2) is 30.5 Å². The molecule has 6 nitrogen and oxygen atoms in total. The van der Waals surface area contributed by atoms with Gasteiger partial charge in [-0.15, -0.1) is 0 Å². The van der Waals surface area contributed by atoms with Crippen LogP contribution in [0, 0.1) is 5.82 Å². The van der Waals surface area contributed by atoms with Crippen molar-refractivity contribution in [2.75, 3.05) is 20.6 Å². The number of carbonyl (C=O) groups excluding carboxylic acids is 2. The van der Waals surface area contributed by atoms with Crippen molar-refractivity contribution in [2.45, 2.75) is 25.3 Å². The smallest absolute Gasteiger partial charge is 0.256 e. The van der Waals surface area contributed by atoms with Crippen molar-refractivity contribution in [3.63, 3.8) is 0 Å². The molecule has 0 saturated carbocycles. The zero-order chi connectivity index (χ0) is 18.0. The molecule has 3 rings (SSSR count). The summed E-state index contributed by atoms with van der Waals surface area (Å²) in [6.45, 7) is 0.618. The summed E-state index contributed by atoms with van der Waals surface area (Å²) < 4.78 is 13.3. The Bertz CT molecular complexity index is 787. The van der Waals surface area contributed by atoms with Crippen molar-refractivity contribution in [3.05, 3.63) is 53.1 Å². The Morgan fingerprint density at radius 2 is 2.20 bits per heavy atom. The van der Waals surface area contributed by atoms with Gasteiger partial charge in [0.2, 0.25) is 5.91 Å². The number of carbonyl (C=O) groups is 2. The molecule has 1 aliphatic rings. The van der Waals surface area contributed by atoms with Crippen LogP contribution in [-0.4, -0.2) is 52.5 Å². The van der Waals surface area contributed by atoms with Gasteiger partial charge in [0.05, 0.1) is 29.9 Å². The van der Waals surface area contributed by atoms with Crippen LogP contribution in [0.25, 0.3) is 0 Å². The minimum atomic E-state index is -0.351. The molecule has 1 aliphatic heterocycles. The lowest BCUT2D eigenvalue weighted by Gasteiger charge is -2.25. The molecule has 1 aromatic carbocycles. The molecule has 2 aromatic rings. The summed E-state index contributed by atoms with van der Waals surface area (Å²) >= 11 is 0. The van der Waals surface area contributed by atoms with Gasteiger partial charge in [-0.1, -0.05) is 12.1 Å². The van der Waals surface area contributed by atoms with Crippen molar-refractivity contribution >= 4 is 11.8 Å². The van der Waals surface area contributed by atoms with Gasteiger partial charge in [-0.25, -0.2) is 4.39 Å². The van der Waals surface area contributed by atoms with Crippen LogP contribution in [0.1, 0.15) is 40.5 Å². The second-order valence-corrected chi connectivity index (χ2v) is 6.45. The van der Waals surface area contributed by atoms with E-state index in [9.17, 15) is 14.0 Å². The summed E-state index contributed by atoms with van der Waals surface area (Å²) in [6, 6.07) is 5.87. The Hall–Kier alpha value is -2.70. The highest BCUT2D eigenvalue weighted by molar-refractivity contribution is 5.95. The largest absolute Gasteiger partial charge is 0.345 e. The standard InChI is InChI=1S/C18H21FN4O2/c1-22(2)18(25)14-11-20-21-17(14)15-7-4-8-23(15)16(24)10-12-5-3-6-13(19)9-12/h3,5-6,9,11,15H,4,7-8,10H2,1-2H3,(H,20,21)/t15-/m1/s1. The van der Waals surface area contributed by atoms with Crippen molar-refractivity contribution in [1.82, 2.24) is 20.0 Å². The van der Waals surface area contributed by atoms with E-state index in [1.807, 2.05) is 0 Å². The van der Waals surface area contributed by atoms with E-state index in [4.69, 9.17) is 0 Å². The maximum absolute atomic E-state index is 13.3. The quantitative estimate of drug-likeness (QED) is 0.924. The monoisotopic (exact) mass is 344 g/mol. The van der Waals surface area contributed by atoms with Crippen molar-refractivity contribution in [3.8, 4) is 0 Å². The van der Waals surface area contributed by atoms with Gasteiger partial charge in [-0.3, -0.25) is 14.7 Å². The molecule has 2 heterocycles. The number of hydrogen-bond acceptors (Lipinski definition) is 3. The van der Waals surface area contributed by atoms with Gasteiger partial charge in [0.15, 0.2) is 0 Å². The second kappa shape index (κ2) is 7.04. The van der Waals surface area contributed by atoms with Gasteiger partial charge in [-0.2, -0.15) is 5.10 Å². The van der Waals surface area contributed by atoms with Crippen LogP contribution in [0.4, 0.5) is 4.39 Å². The zero-order valence-electron chi connectivity index (χ0n) is 14.3. The van der Waals surface area contributed by atoms with E-state index in [0.29, 0.717) is 23.4 Å². The van der Waals surface area contributed by atoms with Gasteiger partial charge >= 0.3 is 0 Å². The molecule has 0 aliphatic carbocycles. The number of nitrogens with one attached hydrogen (secondary N) is 1. The van der Waals surface area contributed by atoms with Gasteiger partial charge in [0, 0.05) is 20.6 Å². The Morgan fingerprint density at radius 3 is 2.92 bits per heavy atom. The highest BCUT2D eigenvalue weighted by Gasteiger charge is 2.34. The Morgan fingerprint density at radius 1 is 1.40 bits per heavy atom. The third-order valence-electron chi connectivity index (χ3n) is 4.46. The number of hydrogen-bond donors (Lipinski definition) is 1. The van der Waals surface area contributed by atoms with E-state index >= 15 is 0 Å². The first-order valence-electron chi connectivity index (χ1n) is 8.26. The van der Waals surface area contributed by atoms with Crippen LogP contribution in [-0.2, 0) is 11.2 Å². The molecule has 0 radical (unpaired) electrons. The number of amides is 2. The Balaban J connectivity index is 1.80. The number of aromatic nitrogens is 2. The van der Waals surface area contributed by atoms with Crippen LogP contribution in [0.5, 0.6) is 0 Å². The number of nitrogens with zero attached hydrogens (tertiary/aromatic N) is 3. The number of likely N-dealkylation sites (tertiary alicyclic amines) is 1. The summed E-state index contributed by atoms with van der Waals surface area (Å²) in [5.41, 5.74) is 1.80. The fourth-order valence-corrected chi connectivity index (χ4v) is 3.25. The minimum Gasteiger partial charge on any atom is -0.345 e. The molecule has 1 saturated heterocycles. The molecule has 25 heavy (non-hydrogen) atoms. The fourth-order valence-electron chi connectivity index (χ4n) is 3.25. The third-order valence-corrected chi connectivity index (χ3v) is 4.46. The lowest BCUT2D eigenvalue weighted by molar-refractivity contribution is -0.131. The van der Waals surface area contributed by atoms with E-state index in [2.05, 4.69) is 10.2 Å². The van der Waals surface area contributed by atoms with Gasteiger partial charge in [0.25, 0.3) is 5.91 Å². The predicted molar refractivity (Wildman–Crippen MR) is 90.4 cm³/mol. The van der Waals surface area contributed by atoms with E-state index in [0.717, 1.165) is 12.8 Å². The highest BCUT2D eigenvalue weighted by Crippen LogP contribution is 2.33. The number of H-pyrrole nitrogens is 1. The zero-order valence-corrected chi connectivity index (χ0v) is 14.3. The summed E-state index contributed by atoms with van der Waals surface area (Å²) in [4.78, 5) is 28.3. The topological polar surface area (TPSA) is 69.3 Å². The van der Waals surface area contributed by atoms with Crippen LogP contribution in [0.3, 0.4) is 0 Å². The number of benzene rings is 1. The molecule has 132 valence electrons. The number of aromatic amines is 1. The Kier molecular flexibility index (Phi) is 4.83. The SMILES string of the molecule is CN(C)C(=O)c1cn[nH]c1[C@H]1CCCN1C(=O)Cc1cccc(F)c1. The molecule has 1 fully saturated rings. The first-order chi connectivity index (χ1) is 12.0. The molecular weight excluding hydrogens is 323 g/mol. The first kappa shape index (κ1) is 17.1. The second-order valence-electron chi connectivity index (χ2n) is 6.45. The molecule has 0 spiro atoms. The first-order valence-corrected chi connectivity index (χ1v) is 8.26. The molecular formula is C18H21FN4O2. The highest BCUT2D eigenvalue weighted by atomic mass is 19.1. The number of rotatable bonds is 4. The van der Waals surface area contributed by atoms with Crippen LogP contribution >= 0.6 is 0 Å². The van der Waals surface area contributed by atoms with Crippen molar-refractivity contribution in [1.29, 1.82) is 0 Å². The van der Waals surface area contributed by atoms with E-state index in [1.165, 1.54) is 23.2 Å². The van der Waals surface area contributed by atoms with Crippen molar-refractivity contribution in [2.24, 2.45) is 0 Å². The molecule has 1 atom stereocenters. The average Bonchev–Trinajstić information content (AvgIpc) is 3.22. The van der Waals surface area contributed by atoms with E-state index in [-0.39, 0.29) is 30.1 Å². The summed E-state index contributed by atoms with van der Waals surface area (Å²) in [5.74, 6) is -0.574. The maximum atomic E-state index is 13.3. The summed E-state index contributed by atoms with van der Waals surface area (Å²) in [7, 11) is 3.36. The fraction of sp³-hybridized carbons (Fsp3) is 0.389. The molecule has 1 N–H and O–H groups in total. The number of halogens is 1. The van der Waals surface area contributed by atoms with Crippen molar-refractivity contribution < 1.29 is 14.0 Å². The van der Waals surface area contributed by atoms with E-state index < -0.39 is 0 Å². The molecule has 1 aromatic heterocycles.